The molecule has 8 heteroatoms. The number of fused-ring (bicyclic) bond motifs is 2. The molecule has 1 aliphatic rings. The molecule has 126 valence electrons. The Morgan fingerprint density at radius 2 is 1.80 bits per heavy atom. The third kappa shape index (κ3) is 2.49. The maximum Gasteiger partial charge on any atom is 0.336 e. The van der Waals surface area contributed by atoms with Crippen LogP contribution in [0.25, 0.3) is 11.0 Å². The topological polar surface area (TPSA) is 84.7 Å². The molecule has 0 bridgehead atoms. The summed E-state index contributed by atoms with van der Waals surface area (Å²) >= 11 is 3.29. The van der Waals surface area contributed by atoms with Gasteiger partial charge in [0.15, 0.2) is 0 Å². The van der Waals surface area contributed by atoms with Gasteiger partial charge in [-0.05, 0) is 35.9 Å². The van der Waals surface area contributed by atoms with Crippen LogP contribution in [0.4, 0.5) is 0 Å². The summed E-state index contributed by atoms with van der Waals surface area (Å²) in [4.78, 5) is 24.3. The summed E-state index contributed by atoms with van der Waals surface area (Å²) in [6, 6.07) is 12.3. The van der Waals surface area contributed by atoms with Crippen molar-refractivity contribution in [2.24, 2.45) is 0 Å². The van der Waals surface area contributed by atoms with Crippen molar-refractivity contribution in [3.63, 3.8) is 0 Å². The van der Waals surface area contributed by atoms with E-state index in [0.29, 0.717) is 16.5 Å². The standard InChI is InChI=1S/C17H10BrNO5S/c18-11-5-6-12-10(7-16(20)24-14(12)8-11)9-19-17(21)13-3-1-2-4-15(13)25(19,22)23/h1-8H,9H2. The van der Waals surface area contributed by atoms with Crippen LogP contribution in [0.15, 0.2) is 67.1 Å². The van der Waals surface area contributed by atoms with Crippen LogP contribution in [0.3, 0.4) is 0 Å². The van der Waals surface area contributed by atoms with E-state index < -0.39 is 21.6 Å². The summed E-state index contributed by atoms with van der Waals surface area (Å²) in [6.45, 7) is -0.237. The molecule has 3 aromatic rings. The number of nitrogens with zero attached hydrogens (tertiary/aromatic N) is 1. The van der Waals surface area contributed by atoms with E-state index in [2.05, 4.69) is 15.9 Å². The lowest BCUT2D eigenvalue weighted by atomic mass is 10.1. The van der Waals surface area contributed by atoms with E-state index in [0.717, 1.165) is 8.78 Å². The molecule has 2 heterocycles. The van der Waals surface area contributed by atoms with Gasteiger partial charge < -0.3 is 4.42 Å². The number of halogens is 1. The number of carbonyl (C=O) groups excluding carboxylic acids is 1. The van der Waals surface area contributed by atoms with Crippen molar-refractivity contribution in [2.45, 2.75) is 11.4 Å². The quantitative estimate of drug-likeness (QED) is 0.596. The zero-order chi connectivity index (χ0) is 17.8. The predicted octanol–water partition coefficient (Wildman–Crippen LogP) is 2.90. The molecule has 0 aliphatic carbocycles. The number of carbonyl (C=O) groups is 1. The molecular formula is C17H10BrNO5S. The van der Waals surface area contributed by atoms with Crippen molar-refractivity contribution in [2.75, 3.05) is 0 Å². The zero-order valence-corrected chi connectivity index (χ0v) is 15.0. The second-order valence-electron chi connectivity index (χ2n) is 5.54. The lowest BCUT2D eigenvalue weighted by Gasteiger charge is -2.16. The number of sulfonamides is 1. The van der Waals surface area contributed by atoms with Gasteiger partial charge in [0.25, 0.3) is 15.9 Å². The van der Waals surface area contributed by atoms with Gasteiger partial charge in [-0.3, -0.25) is 4.79 Å². The highest BCUT2D eigenvalue weighted by atomic mass is 79.9. The Kier molecular flexibility index (Phi) is 3.55. The molecule has 6 nitrogen and oxygen atoms in total. The Hall–Kier alpha value is -2.45. The first-order chi connectivity index (χ1) is 11.9. The summed E-state index contributed by atoms with van der Waals surface area (Å²) in [5, 5.41) is 0.571. The minimum Gasteiger partial charge on any atom is -0.423 e. The van der Waals surface area contributed by atoms with Gasteiger partial charge in [-0.2, -0.15) is 0 Å². The van der Waals surface area contributed by atoms with Crippen LogP contribution in [0.1, 0.15) is 15.9 Å². The van der Waals surface area contributed by atoms with Crippen molar-refractivity contribution < 1.29 is 17.6 Å². The van der Waals surface area contributed by atoms with Gasteiger partial charge in [-0.1, -0.05) is 28.1 Å². The number of amides is 1. The molecule has 1 amide bonds. The Morgan fingerprint density at radius 1 is 1.04 bits per heavy atom. The number of rotatable bonds is 2. The van der Waals surface area contributed by atoms with E-state index in [1.807, 2.05) is 0 Å². The van der Waals surface area contributed by atoms with Gasteiger partial charge in [0.1, 0.15) is 10.5 Å². The molecule has 0 atom stereocenters. The van der Waals surface area contributed by atoms with E-state index in [-0.39, 0.29) is 17.0 Å². The first-order valence-electron chi connectivity index (χ1n) is 7.26. The number of hydrogen-bond donors (Lipinski definition) is 0. The highest BCUT2D eigenvalue weighted by Crippen LogP contribution is 2.32. The third-order valence-corrected chi connectivity index (χ3v) is 6.30. The fourth-order valence-corrected chi connectivity index (χ4v) is 4.76. The summed E-state index contributed by atoms with van der Waals surface area (Å²) in [7, 11) is -3.94. The summed E-state index contributed by atoms with van der Waals surface area (Å²) in [5.74, 6) is -0.603. The minimum absolute atomic E-state index is 0.0185. The molecule has 1 aliphatic heterocycles. The molecule has 0 saturated carbocycles. The molecule has 0 N–H and O–H groups in total. The van der Waals surface area contributed by atoms with Crippen molar-refractivity contribution in [3.8, 4) is 0 Å². The molecule has 1 aromatic heterocycles. The van der Waals surface area contributed by atoms with E-state index in [1.54, 1.807) is 30.3 Å². The molecule has 0 unspecified atom stereocenters. The highest BCUT2D eigenvalue weighted by Gasteiger charge is 2.41. The van der Waals surface area contributed by atoms with Crippen molar-refractivity contribution in [1.29, 1.82) is 0 Å². The molecule has 25 heavy (non-hydrogen) atoms. The average molecular weight is 420 g/mol. The fraction of sp³-hybridized carbons (Fsp3) is 0.0588. The van der Waals surface area contributed by atoms with Crippen LogP contribution in [0.5, 0.6) is 0 Å². The van der Waals surface area contributed by atoms with Gasteiger partial charge in [0.05, 0.1) is 12.1 Å². The van der Waals surface area contributed by atoms with Crippen molar-refractivity contribution in [1.82, 2.24) is 4.31 Å². The Bertz CT molecular complexity index is 1200. The van der Waals surface area contributed by atoms with Gasteiger partial charge in [-0.15, -0.1) is 0 Å². The van der Waals surface area contributed by atoms with Crippen LogP contribution < -0.4 is 5.63 Å². The summed E-state index contributed by atoms with van der Waals surface area (Å²) < 4.78 is 32.0. The molecule has 0 spiro atoms. The SMILES string of the molecule is O=C1c2ccccc2S(=O)(=O)N1Cc1cc(=O)oc2cc(Br)ccc12. The number of benzene rings is 2. The Balaban J connectivity index is 1.86. The van der Waals surface area contributed by atoms with Crippen molar-refractivity contribution in [3.05, 3.63) is 74.6 Å². The molecule has 0 fully saturated rings. The molecule has 0 radical (unpaired) electrons. The van der Waals surface area contributed by atoms with E-state index in [1.165, 1.54) is 18.2 Å². The second kappa shape index (κ2) is 5.53. The van der Waals surface area contributed by atoms with E-state index >= 15 is 0 Å². The lowest BCUT2D eigenvalue weighted by molar-refractivity contribution is 0.0865. The smallest absolute Gasteiger partial charge is 0.336 e. The average Bonchev–Trinajstić information content (AvgIpc) is 2.75. The molecule has 0 saturated heterocycles. The minimum atomic E-state index is -3.94. The van der Waals surface area contributed by atoms with Crippen LogP contribution in [0.2, 0.25) is 0 Å². The summed E-state index contributed by atoms with van der Waals surface area (Å²) in [6.07, 6.45) is 0. The van der Waals surface area contributed by atoms with Gasteiger partial charge in [-0.25, -0.2) is 17.5 Å². The molecule has 4 rings (SSSR count). The third-order valence-electron chi connectivity index (χ3n) is 4.02. The van der Waals surface area contributed by atoms with Gasteiger partial charge in [0, 0.05) is 15.9 Å². The maximum atomic E-state index is 12.7. The van der Waals surface area contributed by atoms with Crippen LogP contribution in [0, 0.1) is 0 Å². The van der Waals surface area contributed by atoms with E-state index in [9.17, 15) is 18.0 Å². The second-order valence-corrected chi connectivity index (χ2v) is 8.29. The predicted molar refractivity (Wildman–Crippen MR) is 93.7 cm³/mol. The normalized spacial score (nSPS) is 15.6. The first kappa shape index (κ1) is 16.0. The van der Waals surface area contributed by atoms with Crippen LogP contribution >= 0.6 is 15.9 Å². The lowest BCUT2D eigenvalue weighted by Crippen LogP contribution is -2.29. The molecule has 2 aromatic carbocycles. The molecular weight excluding hydrogens is 410 g/mol. The van der Waals surface area contributed by atoms with E-state index in [4.69, 9.17) is 4.42 Å². The Morgan fingerprint density at radius 3 is 2.56 bits per heavy atom. The largest absolute Gasteiger partial charge is 0.423 e. The van der Waals surface area contributed by atoms with Crippen LogP contribution in [-0.4, -0.2) is 18.6 Å². The first-order valence-corrected chi connectivity index (χ1v) is 9.49. The van der Waals surface area contributed by atoms with Crippen LogP contribution in [-0.2, 0) is 16.6 Å². The maximum absolute atomic E-state index is 12.7. The zero-order valence-electron chi connectivity index (χ0n) is 12.6. The fourth-order valence-electron chi connectivity index (χ4n) is 2.88. The number of hydrogen-bond acceptors (Lipinski definition) is 5. The summed E-state index contributed by atoms with van der Waals surface area (Å²) in [5.41, 5.74) is 0.251. The monoisotopic (exact) mass is 419 g/mol. The van der Waals surface area contributed by atoms with Crippen molar-refractivity contribution >= 4 is 42.8 Å². The van der Waals surface area contributed by atoms with Gasteiger partial charge >= 0.3 is 5.63 Å². The van der Waals surface area contributed by atoms with Gasteiger partial charge in [0.2, 0.25) is 0 Å². The Labute approximate surface area is 150 Å². The highest BCUT2D eigenvalue weighted by molar-refractivity contribution is 9.10.